The fourth-order valence-electron chi connectivity index (χ4n) is 2.19. The zero-order chi connectivity index (χ0) is 15.5. The number of anilines is 1. The molecule has 1 amide bonds. The number of carbonyl (C=O) groups is 1. The number of halogens is 1. The van der Waals surface area contributed by atoms with Crippen LogP contribution >= 0.6 is 11.6 Å². The van der Waals surface area contributed by atoms with Gasteiger partial charge in [0.15, 0.2) is 0 Å². The van der Waals surface area contributed by atoms with E-state index < -0.39 is 0 Å². The van der Waals surface area contributed by atoms with Crippen LogP contribution < -0.4 is 10.1 Å². The molecule has 0 radical (unpaired) electrons. The predicted octanol–water partition coefficient (Wildman–Crippen LogP) is 3.18. The first-order valence-electron chi connectivity index (χ1n) is 6.71. The predicted molar refractivity (Wildman–Crippen MR) is 85.5 cm³/mol. The maximum absolute atomic E-state index is 12.2. The lowest BCUT2D eigenvalue weighted by atomic mass is 10.1. The average molecular weight is 316 g/mol. The molecule has 6 heteroatoms. The summed E-state index contributed by atoms with van der Waals surface area (Å²) in [6, 6.07) is 10.9. The molecule has 0 spiro atoms. The Balaban J connectivity index is 1.79. The number of carbonyl (C=O) groups excluding carboxylic acids is 1. The molecule has 5 nitrogen and oxygen atoms in total. The number of aromatic nitrogens is 2. The van der Waals surface area contributed by atoms with Crippen molar-refractivity contribution in [2.45, 2.75) is 6.42 Å². The summed E-state index contributed by atoms with van der Waals surface area (Å²) in [5.74, 6) is 1.16. The monoisotopic (exact) mass is 315 g/mol. The van der Waals surface area contributed by atoms with Gasteiger partial charge in [0, 0.05) is 5.02 Å². The van der Waals surface area contributed by atoms with Crippen molar-refractivity contribution in [3.05, 3.63) is 59.4 Å². The molecule has 3 rings (SSSR count). The summed E-state index contributed by atoms with van der Waals surface area (Å²) in [6.07, 6.45) is 3.64. The first kappa shape index (κ1) is 14.4. The standard InChI is InChI=1S/C16H14ClN3O2/c1-22-13-5-6-14-18-9-15(20(14)10-13)19-16(21)8-11-3-2-4-12(17)7-11/h2-7,9-10H,8H2,1H3,(H,19,21). The summed E-state index contributed by atoms with van der Waals surface area (Å²) in [4.78, 5) is 16.4. The summed E-state index contributed by atoms with van der Waals surface area (Å²) in [5.41, 5.74) is 1.59. The number of fused-ring (bicyclic) bond motifs is 1. The van der Waals surface area contributed by atoms with E-state index in [0.29, 0.717) is 16.6 Å². The van der Waals surface area contributed by atoms with E-state index in [0.717, 1.165) is 11.2 Å². The molecule has 22 heavy (non-hydrogen) atoms. The van der Waals surface area contributed by atoms with Gasteiger partial charge < -0.3 is 10.1 Å². The Kier molecular flexibility index (Phi) is 3.98. The minimum Gasteiger partial charge on any atom is -0.495 e. The zero-order valence-corrected chi connectivity index (χ0v) is 12.7. The lowest BCUT2D eigenvalue weighted by Crippen LogP contribution is -2.15. The van der Waals surface area contributed by atoms with Crippen molar-refractivity contribution >= 4 is 29.0 Å². The molecule has 0 unspecified atom stereocenters. The first-order chi connectivity index (χ1) is 10.7. The van der Waals surface area contributed by atoms with Gasteiger partial charge in [-0.1, -0.05) is 23.7 Å². The molecule has 0 aliphatic heterocycles. The molecule has 112 valence electrons. The van der Waals surface area contributed by atoms with Crippen molar-refractivity contribution in [1.82, 2.24) is 9.38 Å². The molecule has 0 bridgehead atoms. The number of hydrogen-bond acceptors (Lipinski definition) is 3. The van der Waals surface area contributed by atoms with Gasteiger partial charge in [-0.3, -0.25) is 9.20 Å². The molecule has 0 aliphatic carbocycles. The van der Waals surface area contributed by atoms with Crippen LogP contribution in [0.15, 0.2) is 48.8 Å². The number of amides is 1. The largest absolute Gasteiger partial charge is 0.495 e. The van der Waals surface area contributed by atoms with Gasteiger partial charge in [-0.25, -0.2) is 4.98 Å². The molecule has 0 atom stereocenters. The SMILES string of the molecule is COc1ccc2ncc(NC(=O)Cc3cccc(Cl)c3)n2c1. The summed E-state index contributed by atoms with van der Waals surface area (Å²) in [7, 11) is 1.59. The van der Waals surface area contributed by atoms with Crippen molar-refractivity contribution in [2.24, 2.45) is 0 Å². The first-order valence-corrected chi connectivity index (χ1v) is 7.09. The van der Waals surface area contributed by atoms with Crippen LogP contribution in [0.2, 0.25) is 5.02 Å². The fraction of sp³-hybridized carbons (Fsp3) is 0.125. The zero-order valence-electron chi connectivity index (χ0n) is 11.9. The number of methoxy groups -OCH3 is 1. The minimum atomic E-state index is -0.133. The second-order valence-corrected chi connectivity index (χ2v) is 5.23. The van der Waals surface area contributed by atoms with Crippen molar-refractivity contribution in [1.29, 1.82) is 0 Å². The lowest BCUT2D eigenvalue weighted by Gasteiger charge is -2.06. The second-order valence-electron chi connectivity index (χ2n) is 4.80. The van der Waals surface area contributed by atoms with Crippen LogP contribution in [0.4, 0.5) is 5.82 Å². The van der Waals surface area contributed by atoms with Crippen LogP contribution in [0.25, 0.3) is 5.65 Å². The molecule has 2 aromatic heterocycles. The molecule has 1 aromatic carbocycles. The topological polar surface area (TPSA) is 55.6 Å². The van der Waals surface area contributed by atoms with Crippen LogP contribution in [0.3, 0.4) is 0 Å². The van der Waals surface area contributed by atoms with E-state index in [1.165, 1.54) is 0 Å². The molecule has 0 fully saturated rings. The van der Waals surface area contributed by atoms with Gasteiger partial charge in [-0.2, -0.15) is 0 Å². The number of pyridine rings is 1. The highest BCUT2D eigenvalue weighted by molar-refractivity contribution is 6.30. The van der Waals surface area contributed by atoms with Gasteiger partial charge in [-0.05, 0) is 29.8 Å². The Morgan fingerprint density at radius 2 is 2.23 bits per heavy atom. The van der Waals surface area contributed by atoms with Crippen molar-refractivity contribution in [3.63, 3.8) is 0 Å². The Labute approximate surface area is 132 Å². The second kappa shape index (κ2) is 6.07. The maximum Gasteiger partial charge on any atom is 0.229 e. The third-order valence-electron chi connectivity index (χ3n) is 3.24. The quantitative estimate of drug-likeness (QED) is 0.804. The molecule has 0 aliphatic rings. The maximum atomic E-state index is 12.2. The van der Waals surface area contributed by atoms with Crippen LogP contribution in [0.1, 0.15) is 5.56 Å². The minimum absolute atomic E-state index is 0.133. The van der Waals surface area contributed by atoms with Gasteiger partial charge in [0.05, 0.1) is 25.9 Å². The number of nitrogens with one attached hydrogen (secondary N) is 1. The van der Waals surface area contributed by atoms with Crippen LogP contribution in [-0.4, -0.2) is 22.4 Å². The summed E-state index contributed by atoms with van der Waals surface area (Å²) in [6.45, 7) is 0. The Morgan fingerprint density at radius 3 is 3.00 bits per heavy atom. The number of rotatable bonds is 4. The van der Waals surface area contributed by atoms with Crippen molar-refractivity contribution in [2.75, 3.05) is 12.4 Å². The molecular weight excluding hydrogens is 302 g/mol. The van der Waals surface area contributed by atoms with Crippen LogP contribution in [-0.2, 0) is 11.2 Å². The van der Waals surface area contributed by atoms with Gasteiger partial charge in [0.25, 0.3) is 0 Å². The van der Waals surface area contributed by atoms with Crippen LogP contribution in [0.5, 0.6) is 5.75 Å². The van der Waals surface area contributed by atoms with Gasteiger partial charge in [-0.15, -0.1) is 0 Å². The highest BCUT2D eigenvalue weighted by atomic mass is 35.5. The summed E-state index contributed by atoms with van der Waals surface area (Å²) < 4.78 is 6.96. The molecule has 2 heterocycles. The van der Waals surface area contributed by atoms with Gasteiger partial charge >= 0.3 is 0 Å². The van der Waals surface area contributed by atoms with E-state index in [4.69, 9.17) is 16.3 Å². The van der Waals surface area contributed by atoms with E-state index in [9.17, 15) is 4.79 Å². The van der Waals surface area contributed by atoms with Gasteiger partial charge in [0.1, 0.15) is 17.2 Å². The highest BCUT2D eigenvalue weighted by Gasteiger charge is 2.09. The van der Waals surface area contributed by atoms with E-state index in [-0.39, 0.29) is 12.3 Å². The fourth-order valence-corrected chi connectivity index (χ4v) is 2.41. The van der Waals surface area contributed by atoms with Crippen molar-refractivity contribution in [3.8, 4) is 5.75 Å². The summed E-state index contributed by atoms with van der Waals surface area (Å²) in [5, 5.41) is 3.46. The molecule has 1 N–H and O–H groups in total. The van der Waals surface area contributed by atoms with E-state index >= 15 is 0 Å². The Morgan fingerprint density at radius 1 is 1.36 bits per heavy atom. The normalized spacial score (nSPS) is 10.6. The Hall–Kier alpha value is -2.53. The number of ether oxygens (including phenoxy) is 1. The van der Waals surface area contributed by atoms with Gasteiger partial charge in [0.2, 0.25) is 5.91 Å². The molecule has 0 saturated heterocycles. The third-order valence-corrected chi connectivity index (χ3v) is 3.47. The number of hydrogen-bond donors (Lipinski definition) is 1. The Bertz CT molecular complexity index is 829. The van der Waals surface area contributed by atoms with Crippen LogP contribution in [0, 0.1) is 0 Å². The third kappa shape index (κ3) is 3.04. The smallest absolute Gasteiger partial charge is 0.229 e. The van der Waals surface area contributed by atoms with E-state index in [2.05, 4.69) is 10.3 Å². The van der Waals surface area contributed by atoms with E-state index in [1.807, 2.05) is 24.3 Å². The lowest BCUT2D eigenvalue weighted by molar-refractivity contribution is -0.115. The number of benzene rings is 1. The molecule has 0 saturated carbocycles. The highest BCUT2D eigenvalue weighted by Crippen LogP contribution is 2.18. The summed E-state index contributed by atoms with van der Waals surface area (Å²) >= 11 is 5.92. The average Bonchev–Trinajstić information content (AvgIpc) is 2.89. The molecular formula is C16H14ClN3O2. The van der Waals surface area contributed by atoms with E-state index in [1.54, 1.807) is 36.0 Å². The number of imidazole rings is 1. The number of nitrogens with zero attached hydrogens (tertiary/aromatic N) is 2. The van der Waals surface area contributed by atoms with Crippen molar-refractivity contribution < 1.29 is 9.53 Å². The molecule has 3 aromatic rings.